The van der Waals surface area contributed by atoms with Gasteiger partial charge in [0.25, 0.3) is 0 Å². The smallest absolute Gasteiger partial charge is 0.107 e. The van der Waals surface area contributed by atoms with Crippen molar-refractivity contribution >= 4 is 11.3 Å². The van der Waals surface area contributed by atoms with Crippen molar-refractivity contribution in [3.63, 3.8) is 0 Å². The van der Waals surface area contributed by atoms with Gasteiger partial charge in [-0.05, 0) is 38.8 Å². The van der Waals surface area contributed by atoms with Gasteiger partial charge in [-0.15, -0.1) is 11.3 Å². The normalized spacial score (nSPS) is 19.6. The first-order valence-electron chi connectivity index (χ1n) is 5.52. The zero-order valence-corrected chi connectivity index (χ0v) is 9.96. The van der Waals surface area contributed by atoms with E-state index in [-0.39, 0.29) is 0 Å². The molecule has 0 bridgehead atoms. The number of hydrogen-bond donors (Lipinski definition) is 1. The van der Waals surface area contributed by atoms with E-state index in [9.17, 15) is 0 Å². The molecule has 0 atom stereocenters. The second kappa shape index (κ2) is 5.05. The van der Waals surface area contributed by atoms with Gasteiger partial charge in [-0.1, -0.05) is 0 Å². The Balaban J connectivity index is 1.82. The zero-order chi connectivity index (χ0) is 10.7. The molecular weight excluding hydrogens is 208 g/mol. The minimum absolute atomic E-state index is 0.351. The van der Waals surface area contributed by atoms with E-state index < -0.39 is 0 Å². The first-order valence-corrected chi connectivity index (χ1v) is 6.40. The summed E-state index contributed by atoms with van der Waals surface area (Å²) in [5.41, 5.74) is 1.13. The van der Waals surface area contributed by atoms with E-state index >= 15 is 0 Å². The molecule has 1 N–H and O–H groups in total. The molecule has 0 radical (unpaired) electrons. The molecule has 1 saturated heterocycles. The van der Waals surface area contributed by atoms with Gasteiger partial charge in [0.2, 0.25) is 0 Å². The van der Waals surface area contributed by atoms with E-state index in [0.717, 1.165) is 38.2 Å². The highest BCUT2D eigenvalue weighted by molar-refractivity contribution is 7.09. The minimum Gasteiger partial charge on any atom is -0.396 e. The quantitative estimate of drug-likeness (QED) is 0.851. The van der Waals surface area contributed by atoms with Crippen LogP contribution in [0.5, 0.6) is 0 Å². The first kappa shape index (κ1) is 11.0. The van der Waals surface area contributed by atoms with Crippen LogP contribution >= 0.6 is 11.3 Å². The highest BCUT2D eigenvalue weighted by Gasteiger charge is 2.18. The molecule has 84 valence electrons. The van der Waals surface area contributed by atoms with Crippen LogP contribution in [-0.2, 0) is 6.54 Å². The Hall–Kier alpha value is -0.450. The summed E-state index contributed by atoms with van der Waals surface area (Å²) in [5.74, 6) is 0.527. The van der Waals surface area contributed by atoms with Crippen LogP contribution in [0.3, 0.4) is 0 Å². The molecule has 1 aliphatic rings. The van der Waals surface area contributed by atoms with Crippen LogP contribution in [0.2, 0.25) is 0 Å². The van der Waals surface area contributed by atoms with Crippen LogP contribution in [0, 0.1) is 12.8 Å². The summed E-state index contributed by atoms with van der Waals surface area (Å²) in [6.45, 7) is 5.58. The molecule has 1 aromatic rings. The number of likely N-dealkylation sites (tertiary alicyclic amines) is 1. The Bertz CT molecular complexity index is 305. The largest absolute Gasteiger partial charge is 0.396 e. The van der Waals surface area contributed by atoms with Crippen molar-refractivity contribution < 1.29 is 5.11 Å². The molecule has 0 spiro atoms. The lowest BCUT2D eigenvalue weighted by Gasteiger charge is -2.30. The summed E-state index contributed by atoms with van der Waals surface area (Å²) in [6.07, 6.45) is 2.25. The average molecular weight is 226 g/mol. The second-order valence-electron chi connectivity index (χ2n) is 4.28. The van der Waals surface area contributed by atoms with Gasteiger partial charge in [-0.2, -0.15) is 0 Å². The molecule has 2 rings (SSSR count). The van der Waals surface area contributed by atoms with Gasteiger partial charge in [0.1, 0.15) is 5.01 Å². The zero-order valence-electron chi connectivity index (χ0n) is 9.15. The third-order valence-corrected chi connectivity index (χ3v) is 3.94. The maximum absolute atomic E-state index is 9.04. The predicted octanol–water partition coefficient (Wildman–Crippen LogP) is 1.66. The van der Waals surface area contributed by atoms with Crippen molar-refractivity contribution in [2.75, 3.05) is 19.7 Å². The van der Waals surface area contributed by atoms with Crippen LogP contribution in [0.1, 0.15) is 23.5 Å². The summed E-state index contributed by atoms with van der Waals surface area (Å²) in [6, 6.07) is 0. The summed E-state index contributed by atoms with van der Waals surface area (Å²) in [4.78, 5) is 6.91. The number of thiazole rings is 1. The van der Waals surface area contributed by atoms with Crippen LogP contribution in [0.25, 0.3) is 0 Å². The van der Waals surface area contributed by atoms with Crippen molar-refractivity contribution in [3.05, 3.63) is 16.1 Å². The first-order chi connectivity index (χ1) is 7.28. The maximum Gasteiger partial charge on any atom is 0.107 e. The topological polar surface area (TPSA) is 36.4 Å². The van der Waals surface area contributed by atoms with Crippen molar-refractivity contribution in [2.24, 2.45) is 5.92 Å². The summed E-state index contributed by atoms with van der Waals surface area (Å²) >= 11 is 1.75. The molecule has 0 amide bonds. The fourth-order valence-corrected chi connectivity index (χ4v) is 2.81. The number of aromatic nitrogens is 1. The number of nitrogens with zero attached hydrogens (tertiary/aromatic N) is 2. The molecule has 1 aromatic heterocycles. The Morgan fingerprint density at radius 3 is 2.80 bits per heavy atom. The van der Waals surface area contributed by atoms with E-state index in [1.807, 2.05) is 6.92 Å². The number of aliphatic hydroxyl groups excluding tert-OH is 1. The fraction of sp³-hybridized carbons (Fsp3) is 0.727. The number of piperidine rings is 1. The van der Waals surface area contributed by atoms with Crippen LogP contribution in [0.15, 0.2) is 5.38 Å². The van der Waals surface area contributed by atoms with Crippen LogP contribution < -0.4 is 0 Å². The average Bonchev–Trinajstić information content (AvgIpc) is 2.65. The Morgan fingerprint density at radius 1 is 1.53 bits per heavy atom. The second-order valence-corrected chi connectivity index (χ2v) is 5.23. The SMILES string of the molecule is Cc1csc(CN2CCC(CO)CC2)n1. The molecule has 3 nitrogen and oxygen atoms in total. The van der Waals surface area contributed by atoms with Crippen LogP contribution in [-0.4, -0.2) is 34.7 Å². The molecule has 15 heavy (non-hydrogen) atoms. The Labute approximate surface area is 94.8 Å². The van der Waals surface area contributed by atoms with E-state index in [0.29, 0.717) is 12.5 Å². The van der Waals surface area contributed by atoms with Gasteiger partial charge in [0.15, 0.2) is 0 Å². The lowest BCUT2D eigenvalue weighted by molar-refractivity contribution is 0.127. The molecule has 0 unspecified atom stereocenters. The van der Waals surface area contributed by atoms with Gasteiger partial charge in [0, 0.05) is 17.7 Å². The molecule has 0 saturated carbocycles. The fourth-order valence-electron chi connectivity index (χ4n) is 1.99. The molecule has 1 fully saturated rings. The maximum atomic E-state index is 9.04. The van der Waals surface area contributed by atoms with E-state index in [2.05, 4.69) is 15.3 Å². The third kappa shape index (κ3) is 3.00. The van der Waals surface area contributed by atoms with Gasteiger partial charge in [-0.3, -0.25) is 4.90 Å². The molecule has 0 aliphatic carbocycles. The monoisotopic (exact) mass is 226 g/mol. The molecule has 2 heterocycles. The number of aliphatic hydroxyl groups is 1. The van der Waals surface area contributed by atoms with Crippen molar-refractivity contribution in [1.82, 2.24) is 9.88 Å². The van der Waals surface area contributed by atoms with Crippen LogP contribution in [0.4, 0.5) is 0 Å². The molecule has 1 aliphatic heterocycles. The molecule has 0 aromatic carbocycles. The third-order valence-electron chi connectivity index (χ3n) is 2.99. The van der Waals surface area contributed by atoms with Gasteiger partial charge >= 0.3 is 0 Å². The van der Waals surface area contributed by atoms with Gasteiger partial charge in [0.05, 0.1) is 6.54 Å². The Morgan fingerprint density at radius 2 is 2.27 bits per heavy atom. The van der Waals surface area contributed by atoms with Crippen molar-refractivity contribution in [2.45, 2.75) is 26.3 Å². The standard InChI is InChI=1S/C11H18N2OS/c1-9-8-15-11(12-9)6-13-4-2-10(7-14)3-5-13/h8,10,14H,2-7H2,1H3. The van der Waals surface area contributed by atoms with Gasteiger partial charge in [-0.25, -0.2) is 4.98 Å². The summed E-state index contributed by atoms with van der Waals surface area (Å²) in [7, 11) is 0. The minimum atomic E-state index is 0.351. The highest BCUT2D eigenvalue weighted by Crippen LogP contribution is 2.19. The Kier molecular flexibility index (Phi) is 3.72. The number of hydrogen-bond acceptors (Lipinski definition) is 4. The lowest BCUT2D eigenvalue weighted by atomic mass is 9.98. The molecular formula is C11H18N2OS. The van der Waals surface area contributed by atoms with Crippen molar-refractivity contribution in [1.29, 1.82) is 0 Å². The number of rotatable bonds is 3. The van der Waals surface area contributed by atoms with E-state index in [1.165, 1.54) is 5.01 Å². The summed E-state index contributed by atoms with van der Waals surface area (Å²) in [5, 5.41) is 12.4. The number of aryl methyl sites for hydroxylation is 1. The predicted molar refractivity (Wildman–Crippen MR) is 61.9 cm³/mol. The van der Waals surface area contributed by atoms with Crippen molar-refractivity contribution in [3.8, 4) is 0 Å². The van der Waals surface area contributed by atoms with Gasteiger partial charge < -0.3 is 5.11 Å². The summed E-state index contributed by atoms with van der Waals surface area (Å²) < 4.78 is 0. The van der Waals surface area contributed by atoms with E-state index in [4.69, 9.17) is 5.11 Å². The molecule has 4 heteroatoms. The lowest BCUT2D eigenvalue weighted by Crippen LogP contribution is -2.34. The highest BCUT2D eigenvalue weighted by atomic mass is 32.1. The van der Waals surface area contributed by atoms with E-state index in [1.54, 1.807) is 11.3 Å².